The maximum absolute atomic E-state index is 13.1. The van der Waals surface area contributed by atoms with Crippen molar-refractivity contribution in [2.24, 2.45) is 11.3 Å². The van der Waals surface area contributed by atoms with Crippen LogP contribution in [0.5, 0.6) is 11.5 Å². The van der Waals surface area contributed by atoms with E-state index in [0.29, 0.717) is 41.7 Å². The van der Waals surface area contributed by atoms with Crippen molar-refractivity contribution in [3.8, 4) is 11.5 Å². The van der Waals surface area contributed by atoms with E-state index < -0.39 is 5.41 Å². The van der Waals surface area contributed by atoms with E-state index in [1.165, 1.54) is 0 Å². The molecular weight excluding hydrogens is 382 g/mol. The van der Waals surface area contributed by atoms with Crippen LogP contribution in [-0.4, -0.2) is 32.2 Å². The highest BCUT2D eigenvalue weighted by Gasteiger charge is 2.38. The maximum atomic E-state index is 13.1. The smallest absolute Gasteiger partial charge is 0.323 e. The number of carbonyl (C=O) groups excluding carboxylic acids is 2. The minimum atomic E-state index is -0.634. The molecule has 2 N–H and O–H groups in total. The van der Waals surface area contributed by atoms with Gasteiger partial charge in [0.2, 0.25) is 5.91 Å². The standard InChI is InChI=1S/C23H29N3O4/c1-15(2)13-26-19-12-17(9-10-20(19)30-14-23(3,4)21(26)27)25-22(28)24-16-7-6-8-18(11-16)29-5/h6-12,15H,13-14H2,1-5H3,(H2,24,25,28). The second-order valence-corrected chi connectivity index (χ2v) is 8.48. The minimum Gasteiger partial charge on any atom is -0.497 e. The van der Waals surface area contributed by atoms with Gasteiger partial charge in [-0.25, -0.2) is 4.79 Å². The summed E-state index contributed by atoms with van der Waals surface area (Å²) < 4.78 is 11.1. The number of fused-ring (bicyclic) bond motifs is 1. The van der Waals surface area contributed by atoms with Crippen molar-refractivity contribution in [2.45, 2.75) is 27.7 Å². The molecule has 1 heterocycles. The number of carbonyl (C=O) groups is 2. The number of ether oxygens (including phenoxy) is 2. The third-order valence-electron chi connectivity index (χ3n) is 4.80. The molecule has 0 saturated heterocycles. The molecule has 0 radical (unpaired) electrons. The zero-order valence-electron chi connectivity index (χ0n) is 18.1. The highest BCUT2D eigenvalue weighted by Crippen LogP contribution is 2.38. The zero-order valence-corrected chi connectivity index (χ0v) is 18.1. The average molecular weight is 412 g/mol. The molecule has 2 aromatic rings. The molecule has 0 spiro atoms. The predicted octanol–water partition coefficient (Wildman–Crippen LogP) is 4.75. The Morgan fingerprint density at radius 2 is 1.87 bits per heavy atom. The largest absolute Gasteiger partial charge is 0.497 e. The van der Waals surface area contributed by atoms with Gasteiger partial charge in [0.05, 0.1) is 18.2 Å². The van der Waals surface area contributed by atoms with E-state index in [-0.39, 0.29) is 17.9 Å². The summed E-state index contributed by atoms with van der Waals surface area (Å²) >= 11 is 0. The van der Waals surface area contributed by atoms with Gasteiger partial charge in [-0.05, 0) is 50.1 Å². The number of urea groups is 1. The Bertz CT molecular complexity index is 940. The van der Waals surface area contributed by atoms with Gasteiger partial charge < -0.3 is 25.0 Å². The molecule has 7 heteroatoms. The molecule has 0 unspecified atom stereocenters. The van der Waals surface area contributed by atoms with Crippen molar-refractivity contribution >= 4 is 29.0 Å². The van der Waals surface area contributed by atoms with Gasteiger partial charge in [0.15, 0.2) is 0 Å². The fourth-order valence-electron chi connectivity index (χ4n) is 3.26. The lowest BCUT2D eigenvalue weighted by molar-refractivity contribution is -0.127. The highest BCUT2D eigenvalue weighted by atomic mass is 16.5. The molecule has 30 heavy (non-hydrogen) atoms. The van der Waals surface area contributed by atoms with Gasteiger partial charge in [0, 0.05) is 24.0 Å². The molecule has 2 aromatic carbocycles. The summed E-state index contributed by atoms with van der Waals surface area (Å²) in [6.45, 7) is 8.77. The topological polar surface area (TPSA) is 79.9 Å². The third-order valence-corrected chi connectivity index (χ3v) is 4.80. The average Bonchev–Trinajstić information content (AvgIpc) is 2.78. The van der Waals surface area contributed by atoms with Crippen LogP contribution in [0.1, 0.15) is 27.7 Å². The number of rotatable bonds is 5. The number of anilines is 3. The number of nitrogens with one attached hydrogen (secondary N) is 2. The Hall–Kier alpha value is -3.22. The molecule has 3 amide bonds. The van der Waals surface area contributed by atoms with E-state index in [0.717, 1.165) is 0 Å². The van der Waals surface area contributed by atoms with Gasteiger partial charge in [0.1, 0.15) is 18.1 Å². The second-order valence-electron chi connectivity index (χ2n) is 8.48. The zero-order chi connectivity index (χ0) is 21.9. The Labute approximate surface area is 177 Å². The minimum absolute atomic E-state index is 0.00734. The van der Waals surface area contributed by atoms with Crippen LogP contribution < -0.4 is 25.0 Å². The number of methoxy groups -OCH3 is 1. The van der Waals surface area contributed by atoms with E-state index in [1.807, 2.05) is 13.8 Å². The fourth-order valence-corrected chi connectivity index (χ4v) is 3.26. The van der Waals surface area contributed by atoms with E-state index in [9.17, 15) is 9.59 Å². The lowest BCUT2D eigenvalue weighted by Gasteiger charge is -2.29. The van der Waals surface area contributed by atoms with Crippen LogP contribution >= 0.6 is 0 Å². The monoisotopic (exact) mass is 411 g/mol. The number of benzene rings is 2. The molecular formula is C23H29N3O4. The van der Waals surface area contributed by atoms with Gasteiger partial charge in [-0.1, -0.05) is 19.9 Å². The summed E-state index contributed by atoms with van der Waals surface area (Å²) in [4.78, 5) is 27.4. The quantitative estimate of drug-likeness (QED) is 0.744. The first-order valence-corrected chi connectivity index (χ1v) is 10.0. The van der Waals surface area contributed by atoms with Crippen LogP contribution in [-0.2, 0) is 4.79 Å². The van der Waals surface area contributed by atoms with Crippen LogP contribution in [0, 0.1) is 11.3 Å². The molecule has 160 valence electrons. The third kappa shape index (κ3) is 4.84. The highest BCUT2D eigenvalue weighted by molar-refractivity contribution is 6.02. The molecule has 0 fully saturated rings. The number of amides is 3. The number of nitrogens with zero attached hydrogens (tertiary/aromatic N) is 1. The van der Waals surface area contributed by atoms with Gasteiger partial charge in [-0.15, -0.1) is 0 Å². The molecule has 0 bridgehead atoms. The van der Waals surface area contributed by atoms with Crippen LogP contribution in [0.4, 0.5) is 21.9 Å². The van der Waals surface area contributed by atoms with E-state index in [1.54, 1.807) is 54.5 Å². The fraction of sp³-hybridized carbons (Fsp3) is 0.391. The predicted molar refractivity (Wildman–Crippen MR) is 119 cm³/mol. The second kappa shape index (κ2) is 8.65. The van der Waals surface area contributed by atoms with Gasteiger partial charge >= 0.3 is 6.03 Å². The molecule has 0 aromatic heterocycles. The first kappa shape index (κ1) is 21.5. The van der Waals surface area contributed by atoms with Crippen molar-refractivity contribution in [3.63, 3.8) is 0 Å². The number of hydrogen-bond donors (Lipinski definition) is 2. The van der Waals surface area contributed by atoms with Crippen LogP contribution in [0.2, 0.25) is 0 Å². The summed E-state index contributed by atoms with van der Waals surface area (Å²) in [5, 5.41) is 5.60. The Balaban J connectivity index is 1.83. The lowest BCUT2D eigenvalue weighted by Crippen LogP contribution is -2.43. The Morgan fingerprint density at radius 3 is 2.53 bits per heavy atom. The lowest BCUT2D eigenvalue weighted by atomic mass is 9.92. The summed E-state index contributed by atoms with van der Waals surface area (Å²) in [6, 6.07) is 12.1. The maximum Gasteiger partial charge on any atom is 0.323 e. The van der Waals surface area contributed by atoms with E-state index in [4.69, 9.17) is 9.47 Å². The van der Waals surface area contributed by atoms with E-state index in [2.05, 4.69) is 24.5 Å². The SMILES string of the molecule is COc1cccc(NC(=O)Nc2ccc3c(c2)N(CC(C)C)C(=O)C(C)(C)CO3)c1. The van der Waals surface area contributed by atoms with Crippen molar-refractivity contribution in [1.29, 1.82) is 0 Å². The summed E-state index contributed by atoms with van der Waals surface area (Å²) in [5.74, 6) is 1.57. The first-order valence-electron chi connectivity index (χ1n) is 10.0. The molecule has 0 atom stereocenters. The van der Waals surface area contributed by atoms with Gasteiger partial charge in [-0.2, -0.15) is 0 Å². The molecule has 7 nitrogen and oxygen atoms in total. The summed E-state index contributed by atoms with van der Waals surface area (Å²) in [7, 11) is 1.57. The Kier molecular flexibility index (Phi) is 6.20. The summed E-state index contributed by atoms with van der Waals surface area (Å²) in [6.07, 6.45) is 0. The van der Waals surface area contributed by atoms with Crippen molar-refractivity contribution in [3.05, 3.63) is 42.5 Å². The van der Waals surface area contributed by atoms with Crippen molar-refractivity contribution in [1.82, 2.24) is 0 Å². The van der Waals surface area contributed by atoms with Crippen LogP contribution in [0.3, 0.4) is 0 Å². The van der Waals surface area contributed by atoms with Crippen LogP contribution in [0.25, 0.3) is 0 Å². The molecule has 0 saturated carbocycles. The Morgan fingerprint density at radius 1 is 1.17 bits per heavy atom. The number of hydrogen-bond acceptors (Lipinski definition) is 4. The van der Waals surface area contributed by atoms with Crippen molar-refractivity contribution in [2.75, 3.05) is 35.8 Å². The molecule has 1 aliphatic rings. The first-order chi connectivity index (χ1) is 14.2. The summed E-state index contributed by atoms with van der Waals surface area (Å²) in [5.41, 5.74) is 1.21. The van der Waals surface area contributed by atoms with E-state index >= 15 is 0 Å². The molecule has 3 rings (SSSR count). The van der Waals surface area contributed by atoms with Crippen LogP contribution in [0.15, 0.2) is 42.5 Å². The normalized spacial score (nSPS) is 15.1. The van der Waals surface area contributed by atoms with Crippen molar-refractivity contribution < 1.29 is 19.1 Å². The van der Waals surface area contributed by atoms with Gasteiger partial charge in [0.25, 0.3) is 0 Å². The molecule has 0 aliphatic carbocycles. The van der Waals surface area contributed by atoms with Gasteiger partial charge in [-0.3, -0.25) is 4.79 Å². The molecule has 1 aliphatic heterocycles.